The molecule has 0 saturated heterocycles. The average molecular weight is 257 g/mol. The van der Waals surface area contributed by atoms with Crippen LogP contribution in [0.2, 0.25) is 0 Å². The second kappa shape index (κ2) is 6.95. The van der Waals surface area contributed by atoms with Gasteiger partial charge in [0, 0.05) is 11.3 Å². The lowest BCUT2D eigenvalue weighted by molar-refractivity contribution is 0.530. The van der Waals surface area contributed by atoms with Crippen molar-refractivity contribution < 1.29 is 4.42 Å². The van der Waals surface area contributed by atoms with E-state index in [1.54, 1.807) is 6.26 Å². The van der Waals surface area contributed by atoms with E-state index in [0.29, 0.717) is 6.54 Å². The summed E-state index contributed by atoms with van der Waals surface area (Å²) in [6.45, 7) is 0.400. The van der Waals surface area contributed by atoms with Gasteiger partial charge in [0.2, 0.25) is 0 Å². The number of thioether (sulfide) groups is 1. The molecule has 18 heavy (non-hydrogen) atoms. The zero-order valence-electron chi connectivity index (χ0n) is 10.1. The Hall–Kier alpha value is -1.63. The summed E-state index contributed by atoms with van der Waals surface area (Å²) < 4.78 is 5.29. The first-order valence-corrected chi connectivity index (χ1v) is 6.92. The molecule has 0 aliphatic rings. The van der Waals surface area contributed by atoms with Crippen molar-refractivity contribution in [1.82, 2.24) is 0 Å². The molecule has 0 spiro atoms. The first kappa shape index (κ1) is 12.8. The highest BCUT2D eigenvalue weighted by molar-refractivity contribution is 7.97. The molecule has 1 heterocycles. The van der Waals surface area contributed by atoms with Gasteiger partial charge < -0.3 is 10.2 Å². The van der Waals surface area contributed by atoms with Gasteiger partial charge >= 0.3 is 0 Å². The third-order valence-corrected chi connectivity index (χ3v) is 3.38. The van der Waals surface area contributed by atoms with E-state index in [1.165, 1.54) is 5.56 Å². The molecule has 2 N–H and O–H groups in total. The molecule has 0 aliphatic carbocycles. The van der Waals surface area contributed by atoms with Crippen molar-refractivity contribution in [3.05, 3.63) is 59.5 Å². The van der Waals surface area contributed by atoms with E-state index >= 15 is 0 Å². The van der Waals surface area contributed by atoms with Gasteiger partial charge in [-0.1, -0.05) is 24.0 Å². The maximum absolute atomic E-state index is 5.36. The second-order valence-electron chi connectivity index (χ2n) is 3.78. The lowest BCUT2D eigenvalue weighted by atomic mass is 10.1. The molecule has 2 rings (SSSR count). The number of rotatable bonds is 4. The fraction of sp³-hybridized carbons (Fsp3) is 0.200. The van der Waals surface area contributed by atoms with Gasteiger partial charge in [0.1, 0.15) is 5.76 Å². The minimum absolute atomic E-state index is 0.400. The predicted molar refractivity (Wildman–Crippen MR) is 76.1 cm³/mol. The molecule has 0 unspecified atom stereocenters. The van der Waals surface area contributed by atoms with E-state index in [0.717, 1.165) is 22.8 Å². The van der Waals surface area contributed by atoms with Crippen LogP contribution in [0.1, 0.15) is 16.9 Å². The SMILES string of the molecule is NCC#Cc1cccc(CSCc2ccco2)c1. The second-order valence-corrected chi connectivity index (χ2v) is 4.76. The van der Waals surface area contributed by atoms with E-state index in [1.807, 2.05) is 36.0 Å². The monoisotopic (exact) mass is 257 g/mol. The van der Waals surface area contributed by atoms with Crippen molar-refractivity contribution in [2.75, 3.05) is 6.54 Å². The molecule has 0 bridgehead atoms. The molecular formula is C15H15NOS. The summed E-state index contributed by atoms with van der Waals surface area (Å²) in [5.41, 5.74) is 7.66. The molecule has 1 aromatic heterocycles. The van der Waals surface area contributed by atoms with Gasteiger partial charge in [-0.2, -0.15) is 0 Å². The Morgan fingerprint density at radius 2 is 2.11 bits per heavy atom. The summed E-state index contributed by atoms with van der Waals surface area (Å²) in [6, 6.07) is 12.2. The Morgan fingerprint density at radius 1 is 1.17 bits per heavy atom. The average Bonchev–Trinajstić information content (AvgIpc) is 2.90. The zero-order chi connectivity index (χ0) is 12.6. The van der Waals surface area contributed by atoms with E-state index in [2.05, 4.69) is 24.0 Å². The molecule has 0 fully saturated rings. The normalized spacial score (nSPS) is 9.83. The lowest BCUT2D eigenvalue weighted by Crippen LogP contribution is -1.93. The molecule has 0 atom stereocenters. The van der Waals surface area contributed by atoms with Gasteiger partial charge in [-0.25, -0.2) is 0 Å². The molecule has 1 aromatic carbocycles. The van der Waals surface area contributed by atoms with E-state index in [9.17, 15) is 0 Å². The van der Waals surface area contributed by atoms with Crippen LogP contribution in [0.3, 0.4) is 0 Å². The van der Waals surface area contributed by atoms with E-state index in [-0.39, 0.29) is 0 Å². The van der Waals surface area contributed by atoms with Crippen molar-refractivity contribution in [2.45, 2.75) is 11.5 Å². The molecule has 0 radical (unpaired) electrons. The van der Waals surface area contributed by atoms with Crippen LogP contribution >= 0.6 is 11.8 Å². The lowest BCUT2D eigenvalue weighted by Gasteiger charge is -2.01. The zero-order valence-corrected chi connectivity index (χ0v) is 10.9. The number of hydrogen-bond donors (Lipinski definition) is 1. The van der Waals surface area contributed by atoms with Gasteiger partial charge in [0.15, 0.2) is 0 Å². The highest BCUT2D eigenvalue weighted by Crippen LogP contribution is 2.18. The Labute approximate surface area is 112 Å². The topological polar surface area (TPSA) is 39.2 Å². The molecule has 0 aliphatic heterocycles. The third-order valence-electron chi connectivity index (χ3n) is 2.35. The van der Waals surface area contributed by atoms with Crippen LogP contribution < -0.4 is 5.73 Å². The van der Waals surface area contributed by atoms with Crippen molar-refractivity contribution in [2.24, 2.45) is 5.73 Å². The maximum Gasteiger partial charge on any atom is 0.113 e. The largest absolute Gasteiger partial charge is 0.468 e. The molecular weight excluding hydrogens is 242 g/mol. The smallest absolute Gasteiger partial charge is 0.113 e. The molecule has 0 amide bonds. The Bertz CT molecular complexity index is 537. The van der Waals surface area contributed by atoms with Crippen LogP contribution in [-0.2, 0) is 11.5 Å². The Balaban J connectivity index is 1.89. The van der Waals surface area contributed by atoms with Crippen LogP contribution in [0, 0.1) is 11.8 Å². The molecule has 0 saturated carbocycles. The molecule has 92 valence electrons. The summed E-state index contributed by atoms with van der Waals surface area (Å²) in [4.78, 5) is 0. The first-order chi connectivity index (χ1) is 8.88. The summed E-state index contributed by atoms with van der Waals surface area (Å²) >= 11 is 1.83. The van der Waals surface area contributed by atoms with Crippen molar-refractivity contribution in [1.29, 1.82) is 0 Å². The minimum Gasteiger partial charge on any atom is -0.468 e. The quantitative estimate of drug-likeness (QED) is 0.856. The third kappa shape index (κ3) is 3.99. The Kier molecular flexibility index (Phi) is 4.95. The van der Waals surface area contributed by atoms with Gasteiger partial charge in [0.05, 0.1) is 18.6 Å². The van der Waals surface area contributed by atoms with E-state index < -0.39 is 0 Å². The highest BCUT2D eigenvalue weighted by atomic mass is 32.2. The number of hydrogen-bond acceptors (Lipinski definition) is 3. The van der Waals surface area contributed by atoms with Crippen LogP contribution in [0.25, 0.3) is 0 Å². The summed E-state index contributed by atoms with van der Waals surface area (Å²) in [5.74, 6) is 8.78. The fourth-order valence-electron chi connectivity index (χ4n) is 1.56. The standard InChI is InChI=1S/C15H15NOS/c16-8-2-6-13-4-1-5-14(10-13)11-18-12-15-7-3-9-17-15/h1,3-5,7,9-10H,8,11-12,16H2. The Morgan fingerprint density at radius 3 is 2.89 bits per heavy atom. The molecule has 3 heteroatoms. The van der Waals surface area contributed by atoms with Crippen molar-refractivity contribution in [3.8, 4) is 11.8 Å². The summed E-state index contributed by atoms with van der Waals surface area (Å²) in [5, 5.41) is 0. The number of benzene rings is 1. The summed E-state index contributed by atoms with van der Waals surface area (Å²) in [6.07, 6.45) is 1.71. The highest BCUT2D eigenvalue weighted by Gasteiger charge is 1.98. The van der Waals surface area contributed by atoms with Gasteiger partial charge in [-0.3, -0.25) is 0 Å². The van der Waals surface area contributed by atoms with Crippen LogP contribution in [0.5, 0.6) is 0 Å². The van der Waals surface area contributed by atoms with Gasteiger partial charge in [0.25, 0.3) is 0 Å². The van der Waals surface area contributed by atoms with E-state index in [4.69, 9.17) is 10.2 Å². The number of nitrogens with two attached hydrogens (primary N) is 1. The van der Waals surface area contributed by atoms with Crippen LogP contribution in [0.4, 0.5) is 0 Å². The molecule has 2 aromatic rings. The fourth-order valence-corrected chi connectivity index (χ4v) is 2.44. The minimum atomic E-state index is 0.400. The van der Waals surface area contributed by atoms with Crippen molar-refractivity contribution in [3.63, 3.8) is 0 Å². The first-order valence-electron chi connectivity index (χ1n) is 5.76. The van der Waals surface area contributed by atoms with Gasteiger partial charge in [-0.05, 0) is 29.8 Å². The molecule has 2 nitrogen and oxygen atoms in total. The summed E-state index contributed by atoms with van der Waals surface area (Å²) in [7, 11) is 0. The van der Waals surface area contributed by atoms with Crippen molar-refractivity contribution >= 4 is 11.8 Å². The number of furan rings is 1. The van der Waals surface area contributed by atoms with Gasteiger partial charge in [-0.15, -0.1) is 11.8 Å². The maximum atomic E-state index is 5.36. The predicted octanol–water partition coefficient (Wildman–Crippen LogP) is 3.02. The van der Waals surface area contributed by atoms with Crippen LogP contribution in [0.15, 0.2) is 47.1 Å². The van der Waals surface area contributed by atoms with Crippen LogP contribution in [-0.4, -0.2) is 6.54 Å².